The second-order valence-corrected chi connectivity index (χ2v) is 9.44. The molecule has 5 rings (SSSR count). The molecule has 6 nitrogen and oxygen atoms in total. The lowest BCUT2D eigenvalue weighted by Crippen LogP contribution is -2.34. The van der Waals surface area contributed by atoms with E-state index >= 15 is 0 Å². The molecule has 0 radical (unpaired) electrons. The number of hydrogen-bond donors (Lipinski definition) is 2. The lowest BCUT2D eigenvalue weighted by Gasteiger charge is -2.31. The van der Waals surface area contributed by atoms with Gasteiger partial charge in [0, 0.05) is 31.2 Å². The molecule has 2 fully saturated rings. The number of carboxylic acids is 1. The van der Waals surface area contributed by atoms with Crippen molar-refractivity contribution in [2.75, 3.05) is 25.0 Å². The molecule has 0 amide bonds. The van der Waals surface area contributed by atoms with Crippen LogP contribution in [0.2, 0.25) is 0 Å². The smallest absolute Gasteiger partial charge is 0.325 e. The van der Waals surface area contributed by atoms with Crippen molar-refractivity contribution >= 4 is 11.8 Å². The van der Waals surface area contributed by atoms with Crippen molar-refractivity contribution in [2.45, 2.75) is 69.1 Å². The van der Waals surface area contributed by atoms with E-state index in [0.717, 1.165) is 63.0 Å². The highest BCUT2D eigenvalue weighted by atomic mass is 16.5. The van der Waals surface area contributed by atoms with E-state index in [2.05, 4.69) is 22.3 Å². The van der Waals surface area contributed by atoms with Crippen molar-refractivity contribution in [3.05, 3.63) is 59.3 Å². The number of hydrogen-bond acceptors (Lipinski definition) is 5. The predicted octanol–water partition coefficient (Wildman–Crippen LogP) is 4.38. The first-order valence-electron chi connectivity index (χ1n) is 12.1. The van der Waals surface area contributed by atoms with Gasteiger partial charge in [-0.3, -0.25) is 9.69 Å². The van der Waals surface area contributed by atoms with Gasteiger partial charge in [0.15, 0.2) is 0 Å². The van der Waals surface area contributed by atoms with Gasteiger partial charge in [0.1, 0.15) is 11.9 Å². The summed E-state index contributed by atoms with van der Waals surface area (Å²) < 4.78 is 6.46. The zero-order chi connectivity index (χ0) is 21.9. The number of aromatic nitrogens is 1. The zero-order valence-corrected chi connectivity index (χ0v) is 18.6. The predicted molar refractivity (Wildman–Crippen MR) is 124 cm³/mol. The number of nitrogens with zero attached hydrogens (tertiary/aromatic N) is 2. The van der Waals surface area contributed by atoms with E-state index in [1.807, 2.05) is 30.3 Å². The Morgan fingerprint density at radius 3 is 2.66 bits per heavy atom. The van der Waals surface area contributed by atoms with Crippen molar-refractivity contribution in [1.82, 2.24) is 9.88 Å². The molecule has 3 aliphatic rings. The fraction of sp³-hybridized carbons (Fsp3) is 0.538. The number of carbonyl (C=O) groups is 1. The number of anilines is 1. The van der Waals surface area contributed by atoms with Gasteiger partial charge in [-0.25, -0.2) is 4.98 Å². The first-order chi connectivity index (χ1) is 15.7. The van der Waals surface area contributed by atoms with Crippen LogP contribution in [0.4, 0.5) is 5.82 Å². The highest BCUT2D eigenvalue weighted by molar-refractivity contribution is 5.75. The third kappa shape index (κ3) is 4.66. The van der Waals surface area contributed by atoms with Gasteiger partial charge in [-0.05, 0) is 62.1 Å². The van der Waals surface area contributed by atoms with Gasteiger partial charge in [0.2, 0.25) is 0 Å². The van der Waals surface area contributed by atoms with Crippen molar-refractivity contribution in [1.29, 1.82) is 0 Å². The number of carboxylic acid groups (broad SMARTS) is 1. The van der Waals surface area contributed by atoms with Crippen LogP contribution in [-0.2, 0) is 16.0 Å². The molecule has 6 heteroatoms. The topological polar surface area (TPSA) is 74.7 Å². The monoisotopic (exact) mass is 435 g/mol. The number of nitrogens with one attached hydrogen (secondary N) is 1. The number of benzene rings is 1. The Bertz CT molecular complexity index is 927. The fourth-order valence-electron chi connectivity index (χ4n) is 5.58. The summed E-state index contributed by atoms with van der Waals surface area (Å²) in [7, 11) is 0. The van der Waals surface area contributed by atoms with E-state index in [0.29, 0.717) is 12.5 Å². The molecule has 2 N–H and O–H groups in total. The van der Waals surface area contributed by atoms with E-state index in [-0.39, 0.29) is 12.2 Å². The number of likely N-dealkylation sites (tertiary alicyclic amines) is 1. The van der Waals surface area contributed by atoms with E-state index in [1.165, 1.54) is 17.7 Å². The third-order valence-electron chi connectivity index (χ3n) is 7.28. The average molecular weight is 436 g/mol. The van der Waals surface area contributed by atoms with Crippen LogP contribution in [0.15, 0.2) is 42.5 Å². The normalized spacial score (nSPS) is 26.8. The average Bonchev–Trinajstić information content (AvgIpc) is 3.27. The van der Waals surface area contributed by atoms with Crippen LogP contribution in [0.25, 0.3) is 0 Å². The lowest BCUT2D eigenvalue weighted by molar-refractivity contribution is -0.143. The maximum Gasteiger partial charge on any atom is 0.325 e. The third-order valence-corrected chi connectivity index (χ3v) is 7.28. The summed E-state index contributed by atoms with van der Waals surface area (Å²) in [4.78, 5) is 18.9. The van der Waals surface area contributed by atoms with Crippen LogP contribution < -0.4 is 5.32 Å². The molecule has 1 aromatic carbocycles. The number of ether oxygens (including phenoxy) is 1. The number of aryl methyl sites for hydroxylation is 1. The van der Waals surface area contributed by atoms with Crippen LogP contribution in [0.3, 0.4) is 0 Å². The van der Waals surface area contributed by atoms with Crippen molar-refractivity contribution in [2.24, 2.45) is 0 Å². The van der Waals surface area contributed by atoms with Crippen LogP contribution >= 0.6 is 0 Å². The number of rotatable bonds is 6. The van der Waals surface area contributed by atoms with Gasteiger partial charge in [-0.2, -0.15) is 0 Å². The molecule has 2 aliphatic heterocycles. The fourth-order valence-corrected chi connectivity index (χ4v) is 5.58. The number of fused-ring (bicyclic) bond motifs is 1. The van der Waals surface area contributed by atoms with Gasteiger partial charge in [-0.15, -0.1) is 0 Å². The molecule has 0 bridgehead atoms. The molecule has 1 aromatic heterocycles. The van der Waals surface area contributed by atoms with Crippen LogP contribution in [0, 0.1) is 0 Å². The van der Waals surface area contributed by atoms with Crippen molar-refractivity contribution in [3.8, 4) is 0 Å². The number of aliphatic carboxylic acids is 1. The maximum absolute atomic E-state index is 12.0. The highest BCUT2D eigenvalue weighted by Gasteiger charge is 2.35. The van der Waals surface area contributed by atoms with E-state index in [4.69, 9.17) is 9.72 Å². The zero-order valence-electron chi connectivity index (χ0n) is 18.6. The lowest BCUT2D eigenvalue weighted by atomic mass is 9.84. The minimum atomic E-state index is -0.788. The van der Waals surface area contributed by atoms with Crippen molar-refractivity contribution < 1.29 is 14.6 Å². The Kier molecular flexibility index (Phi) is 6.42. The quantitative estimate of drug-likeness (QED) is 0.701. The molecule has 32 heavy (non-hydrogen) atoms. The molecule has 1 saturated carbocycles. The van der Waals surface area contributed by atoms with E-state index in [1.54, 1.807) is 0 Å². The minimum absolute atomic E-state index is 0.119. The first kappa shape index (κ1) is 21.4. The van der Waals surface area contributed by atoms with Gasteiger partial charge >= 0.3 is 5.97 Å². The highest BCUT2D eigenvalue weighted by Crippen LogP contribution is 2.36. The van der Waals surface area contributed by atoms with E-state index < -0.39 is 12.0 Å². The summed E-state index contributed by atoms with van der Waals surface area (Å²) in [5.74, 6) is 0.812. The molecular formula is C26H33N3O3. The molecule has 2 atom stereocenters. The second-order valence-electron chi connectivity index (χ2n) is 9.44. The Labute approximate surface area is 190 Å². The Morgan fingerprint density at radius 1 is 1.06 bits per heavy atom. The standard InChI is InChI=1S/C26H33N3O3/c30-26(31)24(19-5-2-1-3-6-19)29-16-14-22(17-29)32-21-11-8-18(9-12-21)23-13-10-20-7-4-15-27-25(20)28-23/h1-3,5-6,10,13,18,21-22,24H,4,7-9,11-12,14-17H2,(H,27,28)(H,30,31)/t18?,21?,22-,24-/m1/s1. The summed E-state index contributed by atoms with van der Waals surface area (Å²) in [6, 6.07) is 13.4. The molecular weight excluding hydrogens is 402 g/mol. The van der Waals surface area contributed by atoms with Crippen LogP contribution in [0.5, 0.6) is 0 Å². The van der Waals surface area contributed by atoms with Crippen LogP contribution in [0.1, 0.15) is 67.3 Å². The largest absolute Gasteiger partial charge is 0.480 e. The maximum atomic E-state index is 12.0. The minimum Gasteiger partial charge on any atom is -0.480 e. The summed E-state index contributed by atoms with van der Waals surface area (Å²) >= 11 is 0. The molecule has 0 unspecified atom stereocenters. The van der Waals surface area contributed by atoms with Crippen molar-refractivity contribution in [3.63, 3.8) is 0 Å². The second kappa shape index (κ2) is 9.59. The Balaban J connectivity index is 1.14. The van der Waals surface area contributed by atoms with Gasteiger partial charge in [-0.1, -0.05) is 36.4 Å². The summed E-state index contributed by atoms with van der Waals surface area (Å²) in [6.07, 6.45) is 7.91. The molecule has 170 valence electrons. The molecule has 3 heterocycles. The van der Waals surface area contributed by atoms with Crippen LogP contribution in [-0.4, -0.2) is 52.8 Å². The molecule has 2 aromatic rings. The first-order valence-corrected chi connectivity index (χ1v) is 12.1. The summed E-state index contributed by atoms with van der Waals surface area (Å²) in [5, 5.41) is 13.3. The molecule has 0 spiro atoms. The Hall–Kier alpha value is -2.44. The Morgan fingerprint density at radius 2 is 1.88 bits per heavy atom. The van der Waals surface area contributed by atoms with Gasteiger partial charge in [0.25, 0.3) is 0 Å². The van der Waals surface area contributed by atoms with Gasteiger partial charge in [0.05, 0.1) is 12.2 Å². The van der Waals surface area contributed by atoms with Gasteiger partial charge < -0.3 is 15.2 Å². The summed E-state index contributed by atoms with van der Waals surface area (Å²) in [5.41, 5.74) is 3.40. The number of pyridine rings is 1. The van der Waals surface area contributed by atoms with E-state index in [9.17, 15) is 9.90 Å². The summed E-state index contributed by atoms with van der Waals surface area (Å²) in [6.45, 7) is 2.47. The molecule has 1 aliphatic carbocycles. The molecule has 1 saturated heterocycles. The SMILES string of the molecule is O=C(O)[C@@H](c1ccccc1)N1CC[C@@H](OC2CCC(c3ccc4c(n3)NCCC4)CC2)C1.